The van der Waals surface area contributed by atoms with Crippen LogP contribution in [0.5, 0.6) is 0 Å². The summed E-state index contributed by atoms with van der Waals surface area (Å²) in [4.78, 5) is 15.4. The maximum atomic E-state index is 6.27. The molecule has 3 aromatic heterocycles. The third-order valence-corrected chi connectivity index (χ3v) is 10.7. The summed E-state index contributed by atoms with van der Waals surface area (Å²) in [5.74, 6) is 1.86. The van der Waals surface area contributed by atoms with Gasteiger partial charge in [0.15, 0.2) is 17.5 Å². The summed E-state index contributed by atoms with van der Waals surface area (Å²) in [5, 5.41) is 4.58. The zero-order valence-corrected chi connectivity index (χ0v) is 30.2. The molecule has 0 N–H and O–H groups in total. The van der Waals surface area contributed by atoms with E-state index in [1.165, 1.54) is 10.9 Å². The highest BCUT2D eigenvalue weighted by Gasteiger charge is 2.20. The first-order chi connectivity index (χ1) is 27.8. The second-order valence-corrected chi connectivity index (χ2v) is 14.0. The molecule has 0 amide bonds. The van der Waals surface area contributed by atoms with Gasteiger partial charge in [0.2, 0.25) is 0 Å². The van der Waals surface area contributed by atoms with E-state index in [2.05, 4.69) is 150 Å². The van der Waals surface area contributed by atoms with Gasteiger partial charge in [-0.2, -0.15) is 0 Å². The van der Waals surface area contributed by atoms with E-state index in [4.69, 9.17) is 19.4 Å². The van der Waals surface area contributed by atoms with Crippen LogP contribution in [0.25, 0.3) is 106 Å². The van der Waals surface area contributed by atoms with Gasteiger partial charge in [0.25, 0.3) is 0 Å². The molecule has 56 heavy (non-hydrogen) atoms. The highest BCUT2D eigenvalue weighted by Crippen LogP contribution is 2.41. The molecule has 3 heterocycles. The molecule has 0 radical (unpaired) electrons. The molecule has 0 saturated carbocycles. The quantitative estimate of drug-likeness (QED) is 0.172. The molecule has 0 aliphatic heterocycles. The second kappa shape index (κ2) is 13.0. The van der Waals surface area contributed by atoms with Crippen LogP contribution in [0.2, 0.25) is 0 Å². The van der Waals surface area contributed by atoms with Crippen molar-refractivity contribution < 1.29 is 4.42 Å². The first-order valence-electron chi connectivity index (χ1n) is 18.8. The van der Waals surface area contributed by atoms with E-state index in [-0.39, 0.29) is 0 Å². The Kier molecular flexibility index (Phi) is 7.42. The number of fused-ring (bicyclic) bond motifs is 6. The fraction of sp³-hybridized carbons (Fsp3) is 0. The van der Waals surface area contributed by atoms with E-state index < -0.39 is 0 Å². The average molecular weight is 717 g/mol. The summed E-state index contributed by atoms with van der Waals surface area (Å²) >= 11 is 0. The minimum absolute atomic E-state index is 0.609. The molecule has 0 fully saturated rings. The van der Waals surface area contributed by atoms with Crippen LogP contribution in [-0.2, 0) is 0 Å². The molecule has 0 aliphatic carbocycles. The van der Waals surface area contributed by atoms with Crippen LogP contribution < -0.4 is 0 Å². The Labute approximate surface area is 322 Å². The van der Waals surface area contributed by atoms with Crippen molar-refractivity contribution in [3.05, 3.63) is 194 Å². The van der Waals surface area contributed by atoms with Crippen LogP contribution >= 0.6 is 0 Å². The summed E-state index contributed by atoms with van der Waals surface area (Å²) in [6.07, 6.45) is 0. The summed E-state index contributed by atoms with van der Waals surface area (Å²) in [6, 6.07) is 67.4. The van der Waals surface area contributed by atoms with E-state index in [0.717, 1.165) is 77.4 Å². The molecule has 0 bridgehead atoms. The van der Waals surface area contributed by atoms with Gasteiger partial charge in [0, 0.05) is 38.2 Å². The van der Waals surface area contributed by atoms with E-state index in [0.29, 0.717) is 17.5 Å². The minimum Gasteiger partial charge on any atom is -0.456 e. The third-order valence-electron chi connectivity index (χ3n) is 10.7. The molecule has 0 aliphatic rings. The van der Waals surface area contributed by atoms with E-state index in [1.54, 1.807) is 0 Å². The van der Waals surface area contributed by atoms with E-state index in [1.807, 2.05) is 48.5 Å². The molecule has 0 saturated heterocycles. The fourth-order valence-electron chi connectivity index (χ4n) is 8.06. The van der Waals surface area contributed by atoms with Crippen molar-refractivity contribution in [1.82, 2.24) is 19.5 Å². The van der Waals surface area contributed by atoms with Gasteiger partial charge in [0.1, 0.15) is 11.2 Å². The van der Waals surface area contributed by atoms with E-state index in [9.17, 15) is 0 Å². The number of rotatable bonds is 6. The molecular formula is C51H32N4O. The topological polar surface area (TPSA) is 56.7 Å². The lowest BCUT2D eigenvalue weighted by atomic mass is 9.98. The lowest BCUT2D eigenvalue weighted by molar-refractivity contribution is 0.669. The van der Waals surface area contributed by atoms with Crippen molar-refractivity contribution in [2.24, 2.45) is 0 Å². The summed E-state index contributed by atoms with van der Waals surface area (Å²) in [6.45, 7) is 0. The zero-order chi connectivity index (χ0) is 37.0. The average Bonchev–Trinajstić information content (AvgIpc) is 3.82. The van der Waals surface area contributed by atoms with Gasteiger partial charge in [-0.15, -0.1) is 0 Å². The van der Waals surface area contributed by atoms with Gasteiger partial charge in [-0.25, -0.2) is 15.0 Å². The normalized spacial score (nSPS) is 11.6. The maximum absolute atomic E-state index is 6.27. The Bertz CT molecular complexity index is 3240. The van der Waals surface area contributed by atoms with Crippen LogP contribution in [-0.4, -0.2) is 19.5 Å². The fourth-order valence-corrected chi connectivity index (χ4v) is 8.06. The highest BCUT2D eigenvalue weighted by atomic mass is 16.3. The first kappa shape index (κ1) is 31.9. The maximum Gasteiger partial charge on any atom is 0.166 e. The molecular weight excluding hydrogens is 685 g/mol. The van der Waals surface area contributed by atoms with Crippen molar-refractivity contribution in [3.8, 4) is 62.1 Å². The molecule has 0 spiro atoms. The Morgan fingerprint density at radius 1 is 0.339 bits per heavy atom. The van der Waals surface area contributed by atoms with Gasteiger partial charge >= 0.3 is 0 Å². The summed E-state index contributed by atoms with van der Waals surface area (Å²) in [7, 11) is 0. The Morgan fingerprint density at radius 3 is 1.68 bits per heavy atom. The van der Waals surface area contributed by atoms with Crippen molar-refractivity contribution in [2.45, 2.75) is 0 Å². The number of benzene rings is 8. The molecule has 11 aromatic rings. The Morgan fingerprint density at radius 2 is 0.875 bits per heavy atom. The van der Waals surface area contributed by atoms with Crippen LogP contribution in [0.1, 0.15) is 0 Å². The molecule has 0 unspecified atom stereocenters. The standard InChI is InChI=1S/C51H32N4O/c1-3-14-33(15-4-1)34-26-28-36(29-27-34)50-52-49(35-16-5-2-6-17-35)53-51(54-50)40-19-8-11-23-44(40)55-43-22-10-7-18-39(43)42-32-37(30-31-45(42)55)38-21-13-25-47-48(38)41-20-9-12-24-46(41)56-47/h1-32H. The van der Waals surface area contributed by atoms with Crippen LogP contribution in [0.4, 0.5) is 0 Å². The number of hydrogen-bond acceptors (Lipinski definition) is 4. The van der Waals surface area contributed by atoms with Gasteiger partial charge in [0.05, 0.1) is 16.7 Å². The lowest BCUT2D eigenvalue weighted by Gasteiger charge is -2.15. The van der Waals surface area contributed by atoms with Gasteiger partial charge in [-0.05, 0) is 64.7 Å². The molecule has 0 atom stereocenters. The predicted octanol–water partition coefficient (Wildman–Crippen LogP) is 13.2. The third kappa shape index (κ3) is 5.29. The van der Waals surface area contributed by atoms with E-state index >= 15 is 0 Å². The smallest absolute Gasteiger partial charge is 0.166 e. The number of aromatic nitrogens is 4. The minimum atomic E-state index is 0.609. The number of hydrogen-bond donors (Lipinski definition) is 0. The number of para-hydroxylation sites is 3. The number of nitrogens with zero attached hydrogens (tertiary/aromatic N) is 4. The van der Waals surface area contributed by atoms with Crippen molar-refractivity contribution >= 4 is 43.7 Å². The second-order valence-electron chi connectivity index (χ2n) is 14.0. The first-order valence-corrected chi connectivity index (χ1v) is 18.8. The van der Waals surface area contributed by atoms with Crippen LogP contribution in [0, 0.1) is 0 Å². The van der Waals surface area contributed by atoms with Crippen molar-refractivity contribution in [1.29, 1.82) is 0 Å². The largest absolute Gasteiger partial charge is 0.456 e. The molecule has 5 nitrogen and oxygen atoms in total. The SMILES string of the molecule is c1ccc(-c2ccc(-c3nc(-c4ccccc4)nc(-c4ccccc4-n4c5ccccc5c5cc(-c6cccc7oc8ccccc8c67)ccc54)n3)cc2)cc1. The zero-order valence-electron chi connectivity index (χ0n) is 30.2. The van der Waals surface area contributed by atoms with Gasteiger partial charge in [-0.3, -0.25) is 0 Å². The molecule has 11 rings (SSSR count). The monoisotopic (exact) mass is 716 g/mol. The van der Waals surface area contributed by atoms with Crippen molar-refractivity contribution in [3.63, 3.8) is 0 Å². The van der Waals surface area contributed by atoms with Crippen LogP contribution in [0.15, 0.2) is 199 Å². The van der Waals surface area contributed by atoms with Gasteiger partial charge in [-0.1, -0.05) is 152 Å². The lowest BCUT2D eigenvalue weighted by Crippen LogP contribution is -2.03. The molecule has 8 aromatic carbocycles. The Balaban J connectivity index is 1.09. The molecule has 5 heteroatoms. The predicted molar refractivity (Wildman–Crippen MR) is 229 cm³/mol. The Hall–Kier alpha value is -7.63. The highest BCUT2D eigenvalue weighted by molar-refractivity contribution is 6.15. The van der Waals surface area contributed by atoms with Crippen LogP contribution in [0.3, 0.4) is 0 Å². The number of furan rings is 1. The van der Waals surface area contributed by atoms with Gasteiger partial charge < -0.3 is 8.98 Å². The van der Waals surface area contributed by atoms with Crippen molar-refractivity contribution in [2.75, 3.05) is 0 Å². The summed E-state index contributed by atoms with van der Waals surface area (Å²) in [5.41, 5.74) is 12.3. The summed E-state index contributed by atoms with van der Waals surface area (Å²) < 4.78 is 8.61. The molecule has 262 valence electrons.